The molecule has 1 N–H and O–H groups in total. The molecule has 1 saturated heterocycles. The van der Waals surface area contributed by atoms with Crippen LogP contribution in [0, 0.1) is 0 Å². The van der Waals surface area contributed by atoms with Crippen LogP contribution in [0.15, 0.2) is 30.3 Å². The SMILES string of the molecule is OC(CCc1ccccc1)C1SCCCS1. The maximum absolute atomic E-state index is 10.1. The van der Waals surface area contributed by atoms with Crippen LogP contribution in [0.5, 0.6) is 0 Å². The van der Waals surface area contributed by atoms with Gasteiger partial charge in [-0.3, -0.25) is 0 Å². The number of rotatable bonds is 4. The summed E-state index contributed by atoms with van der Waals surface area (Å²) in [6, 6.07) is 10.4. The third-order valence-electron chi connectivity index (χ3n) is 2.74. The van der Waals surface area contributed by atoms with Crippen LogP contribution in [0.25, 0.3) is 0 Å². The van der Waals surface area contributed by atoms with Crippen molar-refractivity contribution in [2.75, 3.05) is 11.5 Å². The zero-order chi connectivity index (χ0) is 11.2. The highest BCUT2D eigenvalue weighted by Gasteiger charge is 2.22. The van der Waals surface area contributed by atoms with E-state index < -0.39 is 0 Å². The van der Waals surface area contributed by atoms with E-state index in [1.54, 1.807) is 0 Å². The van der Waals surface area contributed by atoms with Crippen molar-refractivity contribution in [1.82, 2.24) is 0 Å². The van der Waals surface area contributed by atoms with Crippen LogP contribution in [0.4, 0.5) is 0 Å². The zero-order valence-electron chi connectivity index (χ0n) is 9.34. The van der Waals surface area contributed by atoms with Crippen LogP contribution in [0.2, 0.25) is 0 Å². The minimum absolute atomic E-state index is 0.157. The summed E-state index contributed by atoms with van der Waals surface area (Å²) < 4.78 is 0.400. The topological polar surface area (TPSA) is 20.2 Å². The molecule has 0 bridgehead atoms. The third-order valence-corrected chi connectivity index (χ3v) is 5.89. The van der Waals surface area contributed by atoms with Crippen LogP contribution in [-0.4, -0.2) is 27.3 Å². The van der Waals surface area contributed by atoms with E-state index >= 15 is 0 Å². The van der Waals surface area contributed by atoms with Crippen molar-refractivity contribution in [2.24, 2.45) is 0 Å². The average molecular weight is 254 g/mol. The van der Waals surface area contributed by atoms with Crippen molar-refractivity contribution in [2.45, 2.75) is 29.9 Å². The van der Waals surface area contributed by atoms with Crippen LogP contribution >= 0.6 is 23.5 Å². The Morgan fingerprint density at radius 2 is 1.88 bits per heavy atom. The van der Waals surface area contributed by atoms with Crippen molar-refractivity contribution in [3.8, 4) is 0 Å². The molecule has 1 atom stereocenters. The van der Waals surface area contributed by atoms with Gasteiger partial charge in [-0.1, -0.05) is 30.3 Å². The Morgan fingerprint density at radius 1 is 1.19 bits per heavy atom. The Kier molecular flexibility index (Phi) is 5.07. The Labute approximate surface area is 106 Å². The lowest BCUT2D eigenvalue weighted by Gasteiger charge is -2.25. The van der Waals surface area contributed by atoms with E-state index in [4.69, 9.17) is 0 Å². The number of hydrogen-bond acceptors (Lipinski definition) is 3. The molecule has 0 amide bonds. The van der Waals surface area contributed by atoms with E-state index in [0.717, 1.165) is 12.8 Å². The monoisotopic (exact) mass is 254 g/mol. The molecule has 0 aromatic heterocycles. The van der Waals surface area contributed by atoms with Crippen LogP contribution < -0.4 is 0 Å². The highest BCUT2D eigenvalue weighted by atomic mass is 32.2. The number of benzene rings is 1. The van der Waals surface area contributed by atoms with Gasteiger partial charge in [-0.05, 0) is 36.3 Å². The predicted molar refractivity (Wildman–Crippen MR) is 74.1 cm³/mol. The molecule has 0 radical (unpaired) electrons. The van der Waals surface area contributed by atoms with Crippen molar-refractivity contribution in [1.29, 1.82) is 0 Å². The number of aliphatic hydroxyl groups is 1. The van der Waals surface area contributed by atoms with Gasteiger partial charge in [0.25, 0.3) is 0 Å². The van der Waals surface area contributed by atoms with E-state index in [0.29, 0.717) is 4.58 Å². The fraction of sp³-hybridized carbons (Fsp3) is 0.538. The largest absolute Gasteiger partial charge is 0.391 e. The molecule has 1 unspecified atom stereocenters. The maximum atomic E-state index is 10.1. The Bertz CT molecular complexity index is 296. The fourth-order valence-corrected chi connectivity index (χ4v) is 4.77. The lowest BCUT2D eigenvalue weighted by Crippen LogP contribution is -2.24. The van der Waals surface area contributed by atoms with Gasteiger partial charge >= 0.3 is 0 Å². The van der Waals surface area contributed by atoms with Crippen LogP contribution in [-0.2, 0) is 6.42 Å². The van der Waals surface area contributed by atoms with Gasteiger partial charge in [0, 0.05) is 0 Å². The first-order chi connectivity index (χ1) is 7.86. The molecule has 1 aliphatic rings. The van der Waals surface area contributed by atoms with E-state index in [1.165, 1.54) is 23.5 Å². The summed E-state index contributed by atoms with van der Waals surface area (Å²) in [5.41, 5.74) is 1.33. The molecule has 1 heterocycles. The summed E-state index contributed by atoms with van der Waals surface area (Å²) in [6.07, 6.45) is 3.00. The molecule has 0 aliphatic carbocycles. The summed E-state index contributed by atoms with van der Waals surface area (Å²) in [6.45, 7) is 0. The molecule has 88 valence electrons. The second kappa shape index (κ2) is 6.58. The molecule has 2 rings (SSSR count). The van der Waals surface area contributed by atoms with E-state index in [2.05, 4.69) is 24.3 Å². The second-order valence-electron chi connectivity index (χ2n) is 4.06. The van der Waals surface area contributed by atoms with E-state index in [9.17, 15) is 5.11 Å². The lowest BCUT2D eigenvalue weighted by atomic mass is 10.1. The predicted octanol–water partition coefficient (Wildman–Crippen LogP) is 3.18. The van der Waals surface area contributed by atoms with Gasteiger partial charge in [0.2, 0.25) is 0 Å². The van der Waals surface area contributed by atoms with Crippen molar-refractivity contribution in [3.05, 3.63) is 35.9 Å². The minimum atomic E-state index is -0.157. The van der Waals surface area contributed by atoms with Gasteiger partial charge in [-0.15, -0.1) is 23.5 Å². The highest BCUT2D eigenvalue weighted by Crippen LogP contribution is 2.34. The molecule has 1 aromatic rings. The van der Waals surface area contributed by atoms with Crippen LogP contribution in [0.3, 0.4) is 0 Å². The molecule has 3 heteroatoms. The number of hydrogen-bond donors (Lipinski definition) is 1. The molecule has 1 aromatic carbocycles. The van der Waals surface area contributed by atoms with Crippen molar-refractivity contribution in [3.63, 3.8) is 0 Å². The molecule has 0 spiro atoms. The number of aryl methyl sites for hydroxylation is 1. The Balaban J connectivity index is 1.76. The lowest BCUT2D eigenvalue weighted by molar-refractivity contribution is 0.182. The van der Waals surface area contributed by atoms with Gasteiger partial charge in [0.1, 0.15) is 0 Å². The molecule has 16 heavy (non-hydrogen) atoms. The number of aliphatic hydroxyl groups excluding tert-OH is 1. The van der Waals surface area contributed by atoms with E-state index in [1.807, 2.05) is 29.6 Å². The number of thioether (sulfide) groups is 2. The first kappa shape index (κ1) is 12.3. The van der Waals surface area contributed by atoms with Gasteiger partial charge in [0.05, 0.1) is 10.7 Å². The first-order valence-corrected chi connectivity index (χ1v) is 7.91. The normalized spacial score (nSPS) is 19.6. The summed E-state index contributed by atoms with van der Waals surface area (Å²) in [5, 5.41) is 10.1. The van der Waals surface area contributed by atoms with Gasteiger partial charge in [-0.2, -0.15) is 0 Å². The highest BCUT2D eigenvalue weighted by molar-refractivity contribution is 8.17. The van der Waals surface area contributed by atoms with Crippen molar-refractivity contribution >= 4 is 23.5 Å². The Hall–Kier alpha value is -0.120. The smallest absolute Gasteiger partial charge is 0.0761 e. The standard InChI is InChI=1S/C13H18OS2/c14-12(13-15-9-4-10-16-13)8-7-11-5-2-1-3-6-11/h1-3,5-6,12-14H,4,7-10H2. The third kappa shape index (κ3) is 3.72. The molecular formula is C13H18OS2. The molecule has 1 fully saturated rings. The second-order valence-corrected chi connectivity index (χ2v) is 6.85. The van der Waals surface area contributed by atoms with Crippen LogP contribution in [0.1, 0.15) is 18.4 Å². The molecular weight excluding hydrogens is 236 g/mol. The summed E-state index contributed by atoms with van der Waals surface area (Å²) in [4.78, 5) is 0. The van der Waals surface area contributed by atoms with Gasteiger partial charge < -0.3 is 5.11 Å². The van der Waals surface area contributed by atoms with Crippen molar-refractivity contribution < 1.29 is 5.11 Å². The zero-order valence-corrected chi connectivity index (χ0v) is 11.0. The van der Waals surface area contributed by atoms with Gasteiger partial charge in [-0.25, -0.2) is 0 Å². The summed E-state index contributed by atoms with van der Waals surface area (Å²) in [7, 11) is 0. The summed E-state index contributed by atoms with van der Waals surface area (Å²) >= 11 is 3.84. The minimum Gasteiger partial charge on any atom is -0.391 e. The average Bonchev–Trinajstić information content (AvgIpc) is 2.38. The summed E-state index contributed by atoms with van der Waals surface area (Å²) in [5.74, 6) is 2.42. The fourth-order valence-electron chi connectivity index (χ4n) is 1.82. The molecule has 0 saturated carbocycles. The molecule has 1 nitrogen and oxygen atoms in total. The molecule has 1 aliphatic heterocycles. The Morgan fingerprint density at radius 3 is 2.56 bits per heavy atom. The maximum Gasteiger partial charge on any atom is 0.0761 e. The first-order valence-electron chi connectivity index (χ1n) is 5.81. The van der Waals surface area contributed by atoms with E-state index in [-0.39, 0.29) is 6.10 Å². The quantitative estimate of drug-likeness (QED) is 0.891. The van der Waals surface area contributed by atoms with Gasteiger partial charge in [0.15, 0.2) is 0 Å².